The van der Waals surface area contributed by atoms with Crippen molar-refractivity contribution in [3.8, 4) is 0 Å². The number of hydrogen-bond acceptors (Lipinski definition) is 5. The second-order valence-corrected chi connectivity index (χ2v) is 4.93. The van der Waals surface area contributed by atoms with Crippen LogP contribution in [0.25, 0.3) is 0 Å². The summed E-state index contributed by atoms with van der Waals surface area (Å²) in [4.78, 5) is 28.8. The van der Waals surface area contributed by atoms with Crippen LogP contribution in [0.4, 0.5) is 0 Å². The Morgan fingerprint density at radius 3 is 3.06 bits per heavy atom. The lowest BCUT2D eigenvalue weighted by atomic mass is 10.3. The number of esters is 1. The molecular formula is C12H14N2O3S. The molecule has 1 saturated heterocycles. The van der Waals surface area contributed by atoms with E-state index in [1.807, 2.05) is 6.07 Å². The predicted molar refractivity (Wildman–Crippen MR) is 67.7 cm³/mol. The topological polar surface area (TPSA) is 59.5 Å². The number of ether oxygens (including phenoxy) is 1. The molecule has 2 rings (SSSR count). The van der Waals surface area contributed by atoms with E-state index in [4.69, 9.17) is 4.74 Å². The highest BCUT2D eigenvalue weighted by Crippen LogP contribution is 2.22. The fourth-order valence-electron chi connectivity index (χ4n) is 1.67. The Morgan fingerprint density at radius 2 is 2.39 bits per heavy atom. The fourth-order valence-corrected chi connectivity index (χ4v) is 2.88. The molecule has 2 heterocycles. The van der Waals surface area contributed by atoms with Gasteiger partial charge in [-0.15, -0.1) is 11.8 Å². The summed E-state index contributed by atoms with van der Waals surface area (Å²) in [6, 6.07) is 4.97. The smallest absolute Gasteiger partial charge is 0.330 e. The Hall–Kier alpha value is -1.56. The third-order valence-corrected chi connectivity index (χ3v) is 3.66. The second-order valence-electron chi connectivity index (χ2n) is 3.93. The van der Waals surface area contributed by atoms with Crippen molar-refractivity contribution in [3.05, 3.63) is 30.1 Å². The zero-order chi connectivity index (χ0) is 13.0. The number of aromatic nitrogens is 1. The molecule has 1 aliphatic heterocycles. The van der Waals surface area contributed by atoms with Gasteiger partial charge < -0.3 is 9.64 Å². The van der Waals surface area contributed by atoms with E-state index in [0.29, 0.717) is 17.3 Å². The van der Waals surface area contributed by atoms with Gasteiger partial charge >= 0.3 is 5.97 Å². The molecule has 1 amide bonds. The molecule has 0 bridgehead atoms. The first kappa shape index (κ1) is 12.9. The van der Waals surface area contributed by atoms with E-state index >= 15 is 0 Å². The van der Waals surface area contributed by atoms with E-state index in [-0.39, 0.29) is 18.5 Å². The Bertz CT molecular complexity index is 438. The standard InChI is InChI=1S/C12H14N2O3S/c1-9(15)14-8-18-7-11(14)12(16)17-6-10-4-2-3-5-13-10/h2-5,11H,6-8H2,1H3/t11-/m0/s1. The summed E-state index contributed by atoms with van der Waals surface area (Å²) in [5, 5.41) is 0. The summed E-state index contributed by atoms with van der Waals surface area (Å²) in [5.74, 6) is 0.694. The maximum atomic E-state index is 11.9. The number of thioether (sulfide) groups is 1. The van der Waals surface area contributed by atoms with Crippen molar-refractivity contribution in [2.24, 2.45) is 0 Å². The highest BCUT2D eigenvalue weighted by atomic mass is 32.2. The zero-order valence-corrected chi connectivity index (χ0v) is 10.9. The zero-order valence-electron chi connectivity index (χ0n) is 10.0. The third kappa shape index (κ3) is 3.01. The minimum atomic E-state index is -0.462. The van der Waals surface area contributed by atoms with Crippen molar-refractivity contribution >= 4 is 23.6 Å². The molecule has 0 spiro atoms. The monoisotopic (exact) mass is 266 g/mol. The van der Waals surface area contributed by atoms with Crippen molar-refractivity contribution < 1.29 is 14.3 Å². The number of nitrogens with zero attached hydrogens (tertiary/aromatic N) is 2. The molecule has 18 heavy (non-hydrogen) atoms. The first-order chi connectivity index (χ1) is 8.68. The van der Waals surface area contributed by atoms with Crippen LogP contribution in [0.15, 0.2) is 24.4 Å². The molecule has 96 valence electrons. The quantitative estimate of drug-likeness (QED) is 0.765. The van der Waals surface area contributed by atoms with Gasteiger partial charge in [0.1, 0.15) is 12.6 Å². The Morgan fingerprint density at radius 1 is 1.56 bits per heavy atom. The molecule has 0 N–H and O–H groups in total. The van der Waals surface area contributed by atoms with Crippen LogP contribution in [0.5, 0.6) is 0 Å². The predicted octanol–water partition coefficient (Wildman–Crippen LogP) is 1.05. The number of hydrogen-bond donors (Lipinski definition) is 0. The maximum absolute atomic E-state index is 11.9. The first-order valence-corrected chi connectivity index (χ1v) is 6.75. The van der Waals surface area contributed by atoms with Gasteiger partial charge in [-0.25, -0.2) is 4.79 Å². The minimum absolute atomic E-state index is 0.0974. The van der Waals surface area contributed by atoms with Crippen LogP contribution < -0.4 is 0 Å². The summed E-state index contributed by atoms with van der Waals surface area (Å²) in [7, 11) is 0. The molecule has 1 atom stereocenters. The largest absolute Gasteiger partial charge is 0.458 e. The Kier molecular flexibility index (Phi) is 4.19. The molecule has 0 radical (unpaired) electrons. The van der Waals surface area contributed by atoms with Gasteiger partial charge in [0.05, 0.1) is 11.6 Å². The van der Waals surface area contributed by atoms with E-state index in [1.165, 1.54) is 11.8 Å². The third-order valence-electron chi connectivity index (χ3n) is 2.65. The molecule has 0 unspecified atom stereocenters. The van der Waals surface area contributed by atoms with Gasteiger partial charge in [-0.2, -0.15) is 0 Å². The highest BCUT2D eigenvalue weighted by molar-refractivity contribution is 7.99. The van der Waals surface area contributed by atoms with Crippen molar-refractivity contribution in [2.75, 3.05) is 11.6 Å². The van der Waals surface area contributed by atoms with E-state index in [0.717, 1.165) is 0 Å². The van der Waals surface area contributed by atoms with Gasteiger partial charge in [-0.1, -0.05) is 6.07 Å². The maximum Gasteiger partial charge on any atom is 0.330 e. The molecule has 1 fully saturated rings. The molecule has 5 nitrogen and oxygen atoms in total. The number of pyridine rings is 1. The van der Waals surface area contributed by atoms with Crippen LogP contribution >= 0.6 is 11.8 Å². The molecule has 0 aliphatic carbocycles. The van der Waals surface area contributed by atoms with Crippen molar-refractivity contribution in [3.63, 3.8) is 0 Å². The minimum Gasteiger partial charge on any atom is -0.458 e. The van der Waals surface area contributed by atoms with E-state index in [9.17, 15) is 9.59 Å². The molecule has 1 aromatic heterocycles. The lowest BCUT2D eigenvalue weighted by Gasteiger charge is -2.20. The molecular weight excluding hydrogens is 252 g/mol. The van der Waals surface area contributed by atoms with Crippen LogP contribution in [-0.4, -0.2) is 39.4 Å². The van der Waals surface area contributed by atoms with Crippen LogP contribution in [0, 0.1) is 0 Å². The van der Waals surface area contributed by atoms with Crippen LogP contribution in [0.2, 0.25) is 0 Å². The highest BCUT2D eigenvalue weighted by Gasteiger charge is 2.34. The van der Waals surface area contributed by atoms with E-state index < -0.39 is 6.04 Å². The van der Waals surface area contributed by atoms with Gasteiger partial charge in [0.25, 0.3) is 0 Å². The second kappa shape index (κ2) is 5.86. The van der Waals surface area contributed by atoms with Crippen molar-refractivity contribution in [1.29, 1.82) is 0 Å². The van der Waals surface area contributed by atoms with Gasteiger partial charge in [-0.05, 0) is 12.1 Å². The fraction of sp³-hybridized carbons (Fsp3) is 0.417. The number of amides is 1. The SMILES string of the molecule is CC(=O)N1CSC[C@H]1C(=O)OCc1ccccn1. The summed E-state index contributed by atoms with van der Waals surface area (Å²) < 4.78 is 5.18. The van der Waals surface area contributed by atoms with Gasteiger partial charge in [0, 0.05) is 18.9 Å². The Balaban J connectivity index is 1.90. The van der Waals surface area contributed by atoms with Crippen LogP contribution in [-0.2, 0) is 20.9 Å². The summed E-state index contributed by atoms with van der Waals surface area (Å²) in [5.41, 5.74) is 0.700. The van der Waals surface area contributed by atoms with E-state index in [2.05, 4.69) is 4.98 Å². The van der Waals surface area contributed by atoms with Crippen molar-refractivity contribution in [2.45, 2.75) is 19.6 Å². The van der Waals surface area contributed by atoms with Crippen molar-refractivity contribution in [1.82, 2.24) is 9.88 Å². The molecule has 0 aromatic carbocycles. The lowest BCUT2D eigenvalue weighted by molar-refractivity contribution is -0.153. The lowest BCUT2D eigenvalue weighted by Crippen LogP contribution is -2.41. The van der Waals surface area contributed by atoms with Gasteiger partial charge in [0.15, 0.2) is 0 Å². The summed E-state index contributed by atoms with van der Waals surface area (Å²) in [6.45, 7) is 1.61. The van der Waals surface area contributed by atoms with Crippen LogP contribution in [0.1, 0.15) is 12.6 Å². The Labute approximate surface area is 110 Å². The summed E-state index contributed by atoms with van der Waals surface area (Å²) >= 11 is 1.56. The number of carbonyl (C=O) groups is 2. The first-order valence-electron chi connectivity index (χ1n) is 5.60. The van der Waals surface area contributed by atoms with Gasteiger partial charge in [-0.3, -0.25) is 9.78 Å². The van der Waals surface area contributed by atoms with E-state index in [1.54, 1.807) is 30.1 Å². The normalized spacial score (nSPS) is 18.7. The average molecular weight is 266 g/mol. The van der Waals surface area contributed by atoms with Crippen LogP contribution in [0.3, 0.4) is 0 Å². The molecule has 0 saturated carbocycles. The molecule has 6 heteroatoms. The average Bonchev–Trinajstić information content (AvgIpc) is 2.86. The molecule has 1 aromatic rings. The van der Waals surface area contributed by atoms with Gasteiger partial charge in [0.2, 0.25) is 5.91 Å². The number of carbonyl (C=O) groups excluding carboxylic acids is 2. The number of rotatable bonds is 3. The molecule has 1 aliphatic rings. The summed E-state index contributed by atoms with van der Waals surface area (Å²) in [6.07, 6.45) is 1.65.